The summed E-state index contributed by atoms with van der Waals surface area (Å²) >= 11 is 0. The molecule has 3 rings (SSSR count). The Morgan fingerprint density at radius 2 is 2.08 bits per heavy atom. The number of hydrogen-bond donors (Lipinski definition) is 1. The Morgan fingerprint density at radius 1 is 1.29 bits per heavy atom. The molecular formula is C18H26ClN3O2. The number of piperidine rings is 1. The number of carbonyl (C=O) groups is 2. The fourth-order valence-electron chi connectivity index (χ4n) is 3.53. The fraction of sp³-hybridized carbons (Fsp3) is 0.556. The van der Waals surface area contributed by atoms with Crippen molar-refractivity contribution in [3.63, 3.8) is 0 Å². The molecule has 0 aliphatic carbocycles. The first-order valence-corrected chi connectivity index (χ1v) is 8.47. The van der Waals surface area contributed by atoms with Crippen molar-refractivity contribution in [3.8, 4) is 0 Å². The lowest BCUT2D eigenvalue weighted by atomic mass is 10.0. The number of nitrogens with zero attached hydrogens (tertiary/aromatic N) is 2. The molecule has 2 aliphatic rings. The van der Waals surface area contributed by atoms with Crippen LogP contribution in [0.25, 0.3) is 0 Å². The van der Waals surface area contributed by atoms with E-state index in [2.05, 4.69) is 5.32 Å². The summed E-state index contributed by atoms with van der Waals surface area (Å²) in [4.78, 5) is 28.6. The molecule has 2 fully saturated rings. The third-order valence-electron chi connectivity index (χ3n) is 4.92. The maximum absolute atomic E-state index is 12.6. The molecule has 0 spiro atoms. The highest BCUT2D eigenvalue weighted by Crippen LogP contribution is 2.18. The highest BCUT2D eigenvalue weighted by molar-refractivity contribution is 5.85. The van der Waals surface area contributed by atoms with Gasteiger partial charge >= 0.3 is 0 Å². The Kier molecular flexibility index (Phi) is 6.63. The topological polar surface area (TPSA) is 52.7 Å². The Hall–Kier alpha value is -1.59. The summed E-state index contributed by atoms with van der Waals surface area (Å²) in [6.07, 6.45) is 2.43. The average Bonchev–Trinajstić information content (AvgIpc) is 2.57. The van der Waals surface area contributed by atoms with Gasteiger partial charge < -0.3 is 15.1 Å². The van der Waals surface area contributed by atoms with Gasteiger partial charge in [0.15, 0.2) is 0 Å². The molecule has 2 aliphatic heterocycles. The van der Waals surface area contributed by atoms with Gasteiger partial charge in [0.2, 0.25) is 11.8 Å². The summed E-state index contributed by atoms with van der Waals surface area (Å²) in [5.41, 5.74) is 2.25. The van der Waals surface area contributed by atoms with Crippen molar-refractivity contribution in [3.05, 3.63) is 35.4 Å². The number of hydrogen-bond acceptors (Lipinski definition) is 3. The van der Waals surface area contributed by atoms with Crippen molar-refractivity contribution < 1.29 is 9.59 Å². The van der Waals surface area contributed by atoms with Gasteiger partial charge in [-0.05, 0) is 30.9 Å². The summed E-state index contributed by atoms with van der Waals surface area (Å²) in [5, 5.41) is 3.10. The first-order chi connectivity index (χ1) is 11.1. The van der Waals surface area contributed by atoms with E-state index in [1.807, 2.05) is 41.0 Å². The molecule has 1 unspecified atom stereocenters. The molecule has 6 heteroatoms. The zero-order valence-electron chi connectivity index (χ0n) is 14.2. The number of rotatable bonds is 3. The Labute approximate surface area is 149 Å². The molecule has 5 nitrogen and oxygen atoms in total. The van der Waals surface area contributed by atoms with Crippen LogP contribution < -0.4 is 5.32 Å². The second-order valence-corrected chi connectivity index (χ2v) is 6.50. The second kappa shape index (κ2) is 8.49. The summed E-state index contributed by atoms with van der Waals surface area (Å²) in [6, 6.07) is 8.22. The Balaban J connectivity index is 0.00000208. The van der Waals surface area contributed by atoms with E-state index < -0.39 is 0 Å². The molecule has 0 saturated carbocycles. The highest BCUT2D eigenvalue weighted by atomic mass is 35.5. The standard InChI is InChI=1S/C18H25N3O2.ClH/c1-14-5-2-3-6-15(14)11-17(22)20-9-4-7-16(13-20)21-10-8-19-12-18(21)23;/h2-3,5-6,16,19H,4,7-13H2,1H3;1H. The molecule has 1 N–H and O–H groups in total. The van der Waals surface area contributed by atoms with Gasteiger partial charge in [-0.3, -0.25) is 9.59 Å². The van der Waals surface area contributed by atoms with Gasteiger partial charge in [0.25, 0.3) is 0 Å². The maximum atomic E-state index is 12.6. The Bertz CT molecular complexity index is 593. The third kappa shape index (κ3) is 4.28. The smallest absolute Gasteiger partial charge is 0.236 e. The van der Waals surface area contributed by atoms with Crippen molar-refractivity contribution in [2.45, 2.75) is 32.2 Å². The van der Waals surface area contributed by atoms with Crippen LogP contribution in [0.15, 0.2) is 24.3 Å². The Morgan fingerprint density at radius 3 is 2.83 bits per heavy atom. The predicted molar refractivity (Wildman–Crippen MR) is 96.3 cm³/mol. The van der Waals surface area contributed by atoms with Crippen LogP contribution in [0.3, 0.4) is 0 Å². The number of halogens is 1. The number of aryl methyl sites for hydroxylation is 1. The van der Waals surface area contributed by atoms with Crippen LogP contribution in [0.2, 0.25) is 0 Å². The molecule has 0 aromatic heterocycles. The maximum Gasteiger partial charge on any atom is 0.236 e. The molecule has 1 aromatic rings. The summed E-state index contributed by atoms with van der Waals surface area (Å²) < 4.78 is 0. The minimum Gasteiger partial charge on any atom is -0.340 e. The van der Waals surface area contributed by atoms with Crippen LogP contribution >= 0.6 is 12.4 Å². The molecule has 132 valence electrons. The lowest BCUT2D eigenvalue weighted by Gasteiger charge is -2.41. The van der Waals surface area contributed by atoms with Crippen LogP contribution in [0.5, 0.6) is 0 Å². The average molecular weight is 352 g/mol. The quantitative estimate of drug-likeness (QED) is 0.895. The van der Waals surface area contributed by atoms with E-state index in [0.29, 0.717) is 19.5 Å². The molecule has 0 radical (unpaired) electrons. The van der Waals surface area contributed by atoms with Gasteiger partial charge in [-0.2, -0.15) is 0 Å². The molecular weight excluding hydrogens is 326 g/mol. The molecule has 1 atom stereocenters. The van der Waals surface area contributed by atoms with E-state index in [-0.39, 0.29) is 30.3 Å². The number of carbonyl (C=O) groups excluding carboxylic acids is 2. The normalized spacial score (nSPS) is 21.4. The molecule has 2 saturated heterocycles. The van der Waals surface area contributed by atoms with Gasteiger partial charge in [0, 0.05) is 32.2 Å². The number of piperazine rings is 1. The van der Waals surface area contributed by atoms with Gasteiger partial charge in [-0.15, -0.1) is 12.4 Å². The number of likely N-dealkylation sites (tertiary alicyclic amines) is 1. The van der Waals surface area contributed by atoms with Gasteiger partial charge in [-0.25, -0.2) is 0 Å². The summed E-state index contributed by atoms with van der Waals surface area (Å²) in [7, 11) is 0. The van der Waals surface area contributed by atoms with Gasteiger partial charge in [0.1, 0.15) is 0 Å². The number of nitrogens with one attached hydrogen (secondary N) is 1. The van der Waals surface area contributed by atoms with Crippen molar-refractivity contribution in [2.75, 3.05) is 32.7 Å². The van der Waals surface area contributed by atoms with Gasteiger partial charge in [-0.1, -0.05) is 24.3 Å². The molecule has 1 aromatic carbocycles. The lowest BCUT2D eigenvalue weighted by Crippen LogP contribution is -2.57. The zero-order valence-corrected chi connectivity index (χ0v) is 15.0. The second-order valence-electron chi connectivity index (χ2n) is 6.50. The van der Waals surface area contributed by atoms with Crippen molar-refractivity contribution in [1.29, 1.82) is 0 Å². The first kappa shape index (κ1) is 18.7. The van der Waals surface area contributed by atoms with E-state index in [9.17, 15) is 9.59 Å². The molecule has 24 heavy (non-hydrogen) atoms. The summed E-state index contributed by atoms with van der Waals surface area (Å²) in [6.45, 7) is 5.55. The third-order valence-corrected chi connectivity index (χ3v) is 4.92. The molecule has 0 bridgehead atoms. The van der Waals surface area contributed by atoms with Crippen LogP contribution in [0, 0.1) is 6.92 Å². The van der Waals surface area contributed by atoms with E-state index in [0.717, 1.165) is 43.6 Å². The largest absolute Gasteiger partial charge is 0.340 e. The van der Waals surface area contributed by atoms with Crippen LogP contribution in [-0.2, 0) is 16.0 Å². The zero-order chi connectivity index (χ0) is 16.2. The van der Waals surface area contributed by atoms with Crippen LogP contribution in [0.1, 0.15) is 24.0 Å². The monoisotopic (exact) mass is 351 g/mol. The number of benzene rings is 1. The van der Waals surface area contributed by atoms with Crippen LogP contribution in [0.4, 0.5) is 0 Å². The van der Waals surface area contributed by atoms with E-state index in [1.165, 1.54) is 0 Å². The predicted octanol–water partition coefficient (Wildman–Crippen LogP) is 1.38. The molecule has 2 heterocycles. The van der Waals surface area contributed by atoms with Crippen molar-refractivity contribution in [2.24, 2.45) is 0 Å². The summed E-state index contributed by atoms with van der Waals surface area (Å²) in [5.74, 6) is 0.334. The van der Waals surface area contributed by atoms with E-state index >= 15 is 0 Å². The minimum atomic E-state index is 0. The lowest BCUT2D eigenvalue weighted by molar-refractivity contribution is -0.140. The SMILES string of the molecule is Cc1ccccc1CC(=O)N1CCCC(N2CCNCC2=O)C1.Cl. The minimum absolute atomic E-state index is 0. The van der Waals surface area contributed by atoms with Crippen LogP contribution in [-0.4, -0.2) is 60.4 Å². The first-order valence-electron chi connectivity index (χ1n) is 8.47. The van der Waals surface area contributed by atoms with Gasteiger partial charge in [0.05, 0.1) is 13.0 Å². The van der Waals surface area contributed by atoms with E-state index in [1.54, 1.807) is 0 Å². The fourth-order valence-corrected chi connectivity index (χ4v) is 3.53. The molecule has 2 amide bonds. The highest BCUT2D eigenvalue weighted by Gasteiger charge is 2.31. The van der Waals surface area contributed by atoms with E-state index in [4.69, 9.17) is 0 Å². The van der Waals surface area contributed by atoms with Crippen molar-refractivity contribution in [1.82, 2.24) is 15.1 Å². The number of amides is 2. The van der Waals surface area contributed by atoms with Crippen molar-refractivity contribution >= 4 is 24.2 Å².